The van der Waals surface area contributed by atoms with Gasteiger partial charge in [0.05, 0.1) is 11.6 Å². The molecule has 0 fully saturated rings. The van der Waals surface area contributed by atoms with Gasteiger partial charge in [0.15, 0.2) is 0 Å². The molecule has 0 saturated carbocycles. The van der Waals surface area contributed by atoms with Crippen molar-refractivity contribution in [3.63, 3.8) is 0 Å². The molecule has 0 radical (unpaired) electrons. The van der Waals surface area contributed by atoms with Gasteiger partial charge in [-0.3, -0.25) is 0 Å². The minimum atomic E-state index is -0.320. The van der Waals surface area contributed by atoms with Crippen LogP contribution in [0.5, 0.6) is 5.75 Å². The SMILES string of the molecule is COc1c(C(C)CC=O)cc(Br)c(F)c1C. The summed E-state index contributed by atoms with van der Waals surface area (Å²) in [5, 5.41) is 0. The third kappa shape index (κ3) is 2.43. The first-order valence-corrected chi connectivity index (χ1v) is 5.78. The van der Waals surface area contributed by atoms with Crippen LogP contribution < -0.4 is 4.74 Å². The molecule has 0 heterocycles. The Balaban J connectivity index is 3.32. The number of hydrogen-bond donors (Lipinski definition) is 0. The first-order valence-electron chi connectivity index (χ1n) is 4.99. The molecule has 0 aliphatic carbocycles. The molecule has 1 aromatic rings. The predicted molar refractivity (Wildman–Crippen MR) is 64.5 cm³/mol. The van der Waals surface area contributed by atoms with Crippen molar-refractivity contribution in [2.45, 2.75) is 26.2 Å². The Hall–Kier alpha value is -0.900. The monoisotopic (exact) mass is 288 g/mol. The van der Waals surface area contributed by atoms with Crippen LogP contribution in [0.25, 0.3) is 0 Å². The molecular formula is C12H14BrFO2. The van der Waals surface area contributed by atoms with Gasteiger partial charge < -0.3 is 9.53 Å². The van der Waals surface area contributed by atoms with Crippen molar-refractivity contribution >= 4 is 22.2 Å². The van der Waals surface area contributed by atoms with E-state index in [1.54, 1.807) is 13.0 Å². The van der Waals surface area contributed by atoms with E-state index in [4.69, 9.17) is 4.74 Å². The zero-order valence-electron chi connectivity index (χ0n) is 9.51. The first-order chi connectivity index (χ1) is 7.52. The van der Waals surface area contributed by atoms with Crippen molar-refractivity contribution in [2.24, 2.45) is 0 Å². The van der Waals surface area contributed by atoms with Crippen LogP contribution in [0.4, 0.5) is 4.39 Å². The number of ether oxygens (including phenoxy) is 1. The Morgan fingerprint density at radius 1 is 1.62 bits per heavy atom. The lowest BCUT2D eigenvalue weighted by atomic mass is 9.95. The van der Waals surface area contributed by atoms with Crippen molar-refractivity contribution in [1.29, 1.82) is 0 Å². The van der Waals surface area contributed by atoms with Gasteiger partial charge in [-0.05, 0) is 40.4 Å². The Labute approximate surface area is 103 Å². The maximum atomic E-state index is 13.6. The molecule has 1 unspecified atom stereocenters. The average Bonchev–Trinajstić information content (AvgIpc) is 2.26. The molecule has 88 valence electrons. The van der Waals surface area contributed by atoms with Gasteiger partial charge in [-0.25, -0.2) is 4.39 Å². The highest BCUT2D eigenvalue weighted by atomic mass is 79.9. The molecule has 2 nitrogen and oxygen atoms in total. The zero-order valence-corrected chi connectivity index (χ0v) is 11.1. The standard InChI is InChI=1S/C12H14BrFO2/c1-7(4-5-15)9-6-10(13)11(14)8(2)12(9)16-3/h5-7H,4H2,1-3H3. The molecule has 1 aromatic carbocycles. The molecular weight excluding hydrogens is 275 g/mol. The molecule has 0 aliphatic rings. The van der Waals surface area contributed by atoms with E-state index in [1.807, 2.05) is 6.92 Å². The molecule has 0 amide bonds. The van der Waals surface area contributed by atoms with Gasteiger partial charge in [0, 0.05) is 12.0 Å². The lowest BCUT2D eigenvalue weighted by Crippen LogP contribution is -2.02. The van der Waals surface area contributed by atoms with Crippen LogP contribution in [0.15, 0.2) is 10.5 Å². The van der Waals surface area contributed by atoms with E-state index in [1.165, 1.54) is 7.11 Å². The van der Waals surface area contributed by atoms with Crippen LogP contribution in [0.2, 0.25) is 0 Å². The summed E-state index contributed by atoms with van der Waals surface area (Å²) in [5.41, 5.74) is 1.31. The largest absolute Gasteiger partial charge is 0.496 e. The summed E-state index contributed by atoms with van der Waals surface area (Å²) in [4.78, 5) is 10.5. The van der Waals surface area contributed by atoms with E-state index in [2.05, 4.69) is 15.9 Å². The molecule has 1 atom stereocenters. The number of halogens is 2. The smallest absolute Gasteiger partial charge is 0.143 e. The van der Waals surface area contributed by atoms with E-state index in [-0.39, 0.29) is 11.7 Å². The maximum Gasteiger partial charge on any atom is 0.143 e. The van der Waals surface area contributed by atoms with E-state index in [0.29, 0.717) is 22.2 Å². The quantitative estimate of drug-likeness (QED) is 0.792. The average molecular weight is 289 g/mol. The highest BCUT2D eigenvalue weighted by Gasteiger charge is 2.18. The van der Waals surface area contributed by atoms with Crippen molar-refractivity contribution in [1.82, 2.24) is 0 Å². The van der Waals surface area contributed by atoms with Crippen molar-refractivity contribution in [2.75, 3.05) is 7.11 Å². The molecule has 0 aromatic heterocycles. The fraction of sp³-hybridized carbons (Fsp3) is 0.417. The maximum absolute atomic E-state index is 13.6. The van der Waals surface area contributed by atoms with Gasteiger partial charge in [-0.15, -0.1) is 0 Å². The lowest BCUT2D eigenvalue weighted by molar-refractivity contribution is -0.108. The number of hydrogen-bond acceptors (Lipinski definition) is 2. The van der Waals surface area contributed by atoms with Crippen LogP contribution in [0.3, 0.4) is 0 Å². The summed E-state index contributed by atoms with van der Waals surface area (Å²) in [6.45, 7) is 3.58. The van der Waals surface area contributed by atoms with Crippen LogP contribution in [0.1, 0.15) is 30.4 Å². The van der Waals surface area contributed by atoms with Crippen LogP contribution in [-0.4, -0.2) is 13.4 Å². The fourth-order valence-corrected chi connectivity index (χ4v) is 2.21. The van der Waals surface area contributed by atoms with Gasteiger partial charge in [-0.1, -0.05) is 6.92 Å². The van der Waals surface area contributed by atoms with E-state index in [9.17, 15) is 9.18 Å². The molecule has 0 saturated heterocycles. The minimum absolute atomic E-state index is 0.0167. The van der Waals surface area contributed by atoms with E-state index in [0.717, 1.165) is 11.8 Å². The number of aldehydes is 1. The summed E-state index contributed by atoms with van der Waals surface area (Å²) < 4.78 is 19.2. The second kappa shape index (κ2) is 5.43. The molecule has 4 heteroatoms. The van der Waals surface area contributed by atoms with Gasteiger partial charge in [0.2, 0.25) is 0 Å². The number of methoxy groups -OCH3 is 1. The summed E-state index contributed by atoms with van der Waals surface area (Å²) in [5.74, 6) is 0.219. The fourth-order valence-electron chi connectivity index (χ4n) is 1.67. The number of carbonyl (C=O) groups excluding carboxylic acids is 1. The van der Waals surface area contributed by atoms with Crippen molar-refractivity contribution in [3.05, 3.63) is 27.5 Å². The summed E-state index contributed by atoms with van der Waals surface area (Å²) >= 11 is 3.16. The first kappa shape index (κ1) is 13.2. The second-order valence-corrected chi connectivity index (χ2v) is 4.58. The molecule has 0 N–H and O–H groups in total. The van der Waals surface area contributed by atoms with Crippen LogP contribution >= 0.6 is 15.9 Å². The third-order valence-corrected chi connectivity index (χ3v) is 3.19. The Morgan fingerprint density at radius 2 is 2.25 bits per heavy atom. The molecule has 1 rings (SSSR count). The van der Waals surface area contributed by atoms with Gasteiger partial charge in [-0.2, -0.15) is 0 Å². The summed E-state index contributed by atoms with van der Waals surface area (Å²) in [7, 11) is 1.51. The molecule has 0 bridgehead atoms. The molecule has 16 heavy (non-hydrogen) atoms. The third-order valence-electron chi connectivity index (χ3n) is 2.61. The summed E-state index contributed by atoms with van der Waals surface area (Å²) in [6.07, 6.45) is 1.25. The van der Waals surface area contributed by atoms with E-state index >= 15 is 0 Å². The normalized spacial score (nSPS) is 12.3. The lowest BCUT2D eigenvalue weighted by Gasteiger charge is -2.17. The second-order valence-electron chi connectivity index (χ2n) is 3.72. The molecule has 0 spiro atoms. The number of benzene rings is 1. The van der Waals surface area contributed by atoms with Crippen LogP contribution in [0, 0.1) is 12.7 Å². The predicted octanol–water partition coefficient (Wildman–Crippen LogP) is 3.60. The zero-order chi connectivity index (χ0) is 12.3. The number of rotatable bonds is 4. The topological polar surface area (TPSA) is 26.3 Å². The highest BCUT2D eigenvalue weighted by Crippen LogP contribution is 2.36. The summed E-state index contributed by atoms with van der Waals surface area (Å²) in [6, 6.07) is 1.68. The number of carbonyl (C=O) groups is 1. The highest BCUT2D eigenvalue weighted by molar-refractivity contribution is 9.10. The Bertz CT molecular complexity index is 404. The van der Waals surface area contributed by atoms with Gasteiger partial charge in [0.1, 0.15) is 17.9 Å². The Kier molecular flexibility index (Phi) is 4.47. The van der Waals surface area contributed by atoms with Gasteiger partial charge in [0.25, 0.3) is 0 Å². The van der Waals surface area contributed by atoms with Gasteiger partial charge >= 0.3 is 0 Å². The van der Waals surface area contributed by atoms with E-state index < -0.39 is 0 Å². The molecule has 0 aliphatic heterocycles. The van der Waals surface area contributed by atoms with Crippen molar-refractivity contribution in [3.8, 4) is 5.75 Å². The minimum Gasteiger partial charge on any atom is -0.496 e. The Morgan fingerprint density at radius 3 is 2.75 bits per heavy atom. The van der Waals surface area contributed by atoms with Crippen LogP contribution in [-0.2, 0) is 4.79 Å². The van der Waals surface area contributed by atoms with Crippen molar-refractivity contribution < 1.29 is 13.9 Å².